The van der Waals surface area contributed by atoms with Crippen LogP contribution in [0.5, 0.6) is 0 Å². The highest BCUT2D eigenvalue weighted by Gasteiger charge is 2.43. The summed E-state index contributed by atoms with van der Waals surface area (Å²) in [6.07, 6.45) is 5.07. The van der Waals surface area contributed by atoms with Gasteiger partial charge in [0.2, 0.25) is 5.91 Å². The minimum atomic E-state index is -4.55. The van der Waals surface area contributed by atoms with Crippen molar-refractivity contribution < 1.29 is 27.5 Å². The lowest BCUT2D eigenvalue weighted by Gasteiger charge is -2.40. The number of carbonyl (C=O) groups is 2. The number of likely N-dealkylation sites (tertiary alicyclic amines) is 1. The lowest BCUT2D eigenvalue weighted by Crippen LogP contribution is -2.48. The molecule has 1 heterocycles. The first-order valence-corrected chi connectivity index (χ1v) is 14.1. The fourth-order valence-corrected chi connectivity index (χ4v) is 6.39. The van der Waals surface area contributed by atoms with Crippen molar-refractivity contribution in [1.29, 1.82) is 0 Å². The van der Waals surface area contributed by atoms with Gasteiger partial charge in [-0.15, -0.1) is 0 Å². The first-order chi connectivity index (χ1) is 19.2. The quantitative estimate of drug-likeness (QED) is 0.484. The van der Waals surface area contributed by atoms with E-state index < -0.39 is 23.6 Å². The SMILES string of the molecule is CCCO[C@@H]1CN(C2CCC3(C=Cc4ccccc43)CC2)C[C@@H]1NC(=O)CNC(=O)c1cccc(C(F)(F)F)c1. The topological polar surface area (TPSA) is 70.7 Å². The van der Waals surface area contributed by atoms with E-state index in [2.05, 4.69) is 52.0 Å². The second-order valence-electron chi connectivity index (χ2n) is 11.1. The van der Waals surface area contributed by atoms with Gasteiger partial charge in [0.25, 0.3) is 5.91 Å². The molecule has 2 aliphatic carbocycles. The van der Waals surface area contributed by atoms with E-state index >= 15 is 0 Å². The molecule has 2 aromatic carbocycles. The van der Waals surface area contributed by atoms with Gasteiger partial charge in [0.05, 0.1) is 24.3 Å². The van der Waals surface area contributed by atoms with Crippen molar-refractivity contribution in [3.8, 4) is 0 Å². The van der Waals surface area contributed by atoms with Crippen molar-refractivity contribution in [2.75, 3.05) is 26.2 Å². The Hall–Kier alpha value is -3.17. The Bertz CT molecular complexity index is 1250. The van der Waals surface area contributed by atoms with E-state index in [1.807, 2.05) is 6.92 Å². The minimum absolute atomic E-state index is 0.121. The van der Waals surface area contributed by atoms with E-state index in [-0.39, 0.29) is 29.7 Å². The molecular weight excluding hydrogens is 519 g/mol. The van der Waals surface area contributed by atoms with Crippen LogP contribution >= 0.6 is 0 Å². The van der Waals surface area contributed by atoms with Crippen molar-refractivity contribution in [2.24, 2.45) is 0 Å². The maximum Gasteiger partial charge on any atom is 0.416 e. The number of carbonyl (C=O) groups excluding carboxylic acids is 2. The molecule has 1 saturated carbocycles. The van der Waals surface area contributed by atoms with Crippen LogP contribution in [0.3, 0.4) is 0 Å². The molecule has 1 aliphatic heterocycles. The summed E-state index contributed by atoms with van der Waals surface area (Å²) < 4.78 is 45.1. The molecule has 2 atom stereocenters. The summed E-state index contributed by atoms with van der Waals surface area (Å²) in [5.41, 5.74) is 1.81. The Morgan fingerprint density at radius 3 is 2.60 bits per heavy atom. The van der Waals surface area contributed by atoms with Gasteiger partial charge in [-0.25, -0.2) is 0 Å². The monoisotopic (exact) mass is 555 g/mol. The fraction of sp³-hybridized carbons (Fsp3) is 0.484. The van der Waals surface area contributed by atoms with Gasteiger partial charge in [0.1, 0.15) is 0 Å². The van der Waals surface area contributed by atoms with Crippen molar-refractivity contribution in [3.05, 3.63) is 76.9 Å². The number of nitrogens with zero attached hydrogens (tertiary/aromatic N) is 1. The molecule has 2 N–H and O–H groups in total. The molecule has 2 amide bonds. The normalized spacial score (nSPS) is 26.1. The molecule has 3 aliphatic rings. The maximum absolute atomic E-state index is 13.0. The molecule has 5 rings (SSSR count). The average Bonchev–Trinajstić information content (AvgIpc) is 3.52. The number of allylic oxidation sites excluding steroid dienone is 1. The third-order valence-electron chi connectivity index (χ3n) is 8.48. The third-order valence-corrected chi connectivity index (χ3v) is 8.48. The van der Waals surface area contributed by atoms with E-state index in [1.165, 1.54) is 23.3 Å². The number of hydrogen-bond acceptors (Lipinski definition) is 4. The van der Waals surface area contributed by atoms with E-state index in [9.17, 15) is 22.8 Å². The van der Waals surface area contributed by atoms with E-state index in [0.717, 1.165) is 50.8 Å². The van der Waals surface area contributed by atoms with Crippen molar-refractivity contribution in [2.45, 2.75) is 68.8 Å². The average molecular weight is 556 g/mol. The molecule has 214 valence electrons. The molecule has 6 nitrogen and oxygen atoms in total. The summed E-state index contributed by atoms with van der Waals surface area (Å²) in [5.74, 6) is -1.13. The van der Waals surface area contributed by atoms with Gasteiger partial charge >= 0.3 is 6.18 Å². The molecule has 40 heavy (non-hydrogen) atoms. The van der Waals surface area contributed by atoms with Crippen LogP contribution in [-0.2, 0) is 21.1 Å². The second kappa shape index (κ2) is 11.7. The Labute approximate surface area is 233 Å². The minimum Gasteiger partial charge on any atom is -0.375 e. The lowest BCUT2D eigenvalue weighted by atomic mass is 9.69. The highest BCUT2D eigenvalue weighted by molar-refractivity contribution is 5.96. The van der Waals surface area contributed by atoms with Crippen molar-refractivity contribution >= 4 is 17.9 Å². The Morgan fingerprint density at radius 2 is 1.85 bits per heavy atom. The van der Waals surface area contributed by atoms with E-state index in [4.69, 9.17) is 4.74 Å². The molecular formula is C31H36F3N3O3. The largest absolute Gasteiger partial charge is 0.416 e. The summed E-state index contributed by atoms with van der Waals surface area (Å²) in [7, 11) is 0. The first-order valence-electron chi connectivity index (χ1n) is 14.1. The fourth-order valence-electron chi connectivity index (χ4n) is 6.39. The molecule has 2 aromatic rings. The first kappa shape index (κ1) is 28.4. The van der Waals surface area contributed by atoms with Crippen LogP contribution in [0.4, 0.5) is 13.2 Å². The Balaban J connectivity index is 1.15. The number of nitrogens with one attached hydrogen (secondary N) is 2. The standard InChI is InChI=1S/C31H36F3N3O3/c1-2-16-40-27-20-37(24-11-14-30(15-12-24)13-10-21-6-3-4-9-25(21)30)19-26(27)36-28(38)18-35-29(39)22-7-5-8-23(17-22)31(32,33)34/h3-10,13,17,24,26-27H,2,11-12,14-16,18-20H2,1H3,(H,35,39)(H,36,38)/t24?,26-,27+,30?/m0/s1. The number of alkyl halides is 3. The Kier molecular flexibility index (Phi) is 8.33. The maximum atomic E-state index is 13.0. The molecule has 1 saturated heterocycles. The predicted octanol–water partition coefficient (Wildman–Crippen LogP) is 4.94. The molecule has 2 fully saturated rings. The summed E-state index contributed by atoms with van der Waals surface area (Å²) in [6.45, 7) is 3.69. The number of amides is 2. The highest BCUT2D eigenvalue weighted by atomic mass is 19.4. The van der Waals surface area contributed by atoms with Gasteiger partial charge in [-0.3, -0.25) is 14.5 Å². The zero-order chi connectivity index (χ0) is 28.3. The number of rotatable bonds is 8. The molecule has 0 bridgehead atoms. The van der Waals surface area contributed by atoms with Gasteiger partial charge < -0.3 is 15.4 Å². The van der Waals surface area contributed by atoms with Gasteiger partial charge in [0.15, 0.2) is 0 Å². The highest BCUT2D eigenvalue weighted by Crippen LogP contribution is 2.47. The van der Waals surface area contributed by atoms with Crippen molar-refractivity contribution in [1.82, 2.24) is 15.5 Å². The van der Waals surface area contributed by atoms with Crippen LogP contribution in [0.25, 0.3) is 6.08 Å². The zero-order valence-electron chi connectivity index (χ0n) is 22.7. The molecule has 0 aromatic heterocycles. The van der Waals surface area contributed by atoms with Gasteiger partial charge in [-0.2, -0.15) is 13.2 Å². The van der Waals surface area contributed by atoms with Gasteiger partial charge in [0, 0.05) is 36.7 Å². The number of fused-ring (bicyclic) bond motifs is 2. The number of benzene rings is 2. The summed E-state index contributed by atoms with van der Waals surface area (Å²) >= 11 is 0. The van der Waals surface area contributed by atoms with Crippen LogP contribution in [0, 0.1) is 0 Å². The van der Waals surface area contributed by atoms with Crippen LogP contribution < -0.4 is 10.6 Å². The molecule has 9 heteroatoms. The van der Waals surface area contributed by atoms with Crippen LogP contribution in [0.2, 0.25) is 0 Å². The van der Waals surface area contributed by atoms with Gasteiger partial charge in [-0.1, -0.05) is 49.4 Å². The van der Waals surface area contributed by atoms with Crippen LogP contribution in [-0.4, -0.2) is 61.1 Å². The molecule has 0 unspecified atom stereocenters. The summed E-state index contributed by atoms with van der Waals surface area (Å²) in [5, 5.41) is 5.44. The van der Waals surface area contributed by atoms with Crippen LogP contribution in [0.1, 0.15) is 66.1 Å². The van der Waals surface area contributed by atoms with E-state index in [1.54, 1.807) is 0 Å². The third kappa shape index (κ3) is 6.10. The van der Waals surface area contributed by atoms with E-state index in [0.29, 0.717) is 19.2 Å². The van der Waals surface area contributed by atoms with Gasteiger partial charge in [-0.05, 0) is 61.4 Å². The second-order valence-corrected chi connectivity index (χ2v) is 11.1. The summed E-state index contributed by atoms with van der Waals surface area (Å²) in [6, 6.07) is 13.0. The smallest absolute Gasteiger partial charge is 0.375 e. The summed E-state index contributed by atoms with van der Waals surface area (Å²) in [4.78, 5) is 27.6. The predicted molar refractivity (Wildman–Crippen MR) is 147 cm³/mol. The zero-order valence-corrected chi connectivity index (χ0v) is 22.7. The molecule has 1 spiro atoms. The lowest BCUT2D eigenvalue weighted by molar-refractivity contribution is -0.137. The molecule has 0 radical (unpaired) electrons. The number of halogens is 3. The van der Waals surface area contributed by atoms with Crippen LogP contribution in [0.15, 0.2) is 54.6 Å². The number of hydrogen-bond donors (Lipinski definition) is 2. The number of ether oxygens (including phenoxy) is 1. The Morgan fingerprint density at radius 1 is 1.07 bits per heavy atom. The van der Waals surface area contributed by atoms with Crippen molar-refractivity contribution in [3.63, 3.8) is 0 Å².